The lowest BCUT2D eigenvalue weighted by atomic mass is 9.85. The maximum absolute atomic E-state index is 3.76. The Hall–Kier alpha value is -0.340. The van der Waals surface area contributed by atoms with Gasteiger partial charge in [-0.3, -0.25) is 4.90 Å². The van der Waals surface area contributed by atoms with Crippen molar-refractivity contribution in [2.45, 2.75) is 58.5 Å². The van der Waals surface area contributed by atoms with Crippen molar-refractivity contribution in [2.75, 3.05) is 19.6 Å². The first-order valence-corrected chi connectivity index (χ1v) is 6.61. The van der Waals surface area contributed by atoms with Gasteiger partial charge in [-0.15, -0.1) is 0 Å². The van der Waals surface area contributed by atoms with E-state index in [4.69, 9.17) is 0 Å². The highest BCUT2D eigenvalue weighted by Gasteiger charge is 2.39. The van der Waals surface area contributed by atoms with Crippen molar-refractivity contribution in [3.05, 3.63) is 12.2 Å². The summed E-state index contributed by atoms with van der Waals surface area (Å²) in [6.45, 7) is 14.7. The molecule has 0 saturated carbocycles. The molecule has 0 bridgehead atoms. The molecule has 0 radical (unpaired) electrons. The number of rotatable bonds is 4. The number of nitrogens with one attached hydrogen (secondary N) is 1. The summed E-state index contributed by atoms with van der Waals surface area (Å²) in [5, 5.41) is 3.76. The molecule has 1 aliphatic rings. The molecule has 0 amide bonds. The summed E-state index contributed by atoms with van der Waals surface area (Å²) in [5.41, 5.74) is 0.602. The molecule has 1 aliphatic heterocycles. The fraction of sp³-hybridized carbons (Fsp3) is 0.857. The van der Waals surface area contributed by atoms with Crippen LogP contribution >= 0.6 is 0 Å². The third-order valence-electron chi connectivity index (χ3n) is 4.16. The summed E-state index contributed by atoms with van der Waals surface area (Å²) in [5.74, 6) is 0. The van der Waals surface area contributed by atoms with E-state index < -0.39 is 0 Å². The fourth-order valence-electron chi connectivity index (χ4n) is 2.42. The molecular formula is C14H28N2. The number of piperazine rings is 1. The van der Waals surface area contributed by atoms with Crippen molar-refractivity contribution >= 4 is 0 Å². The lowest BCUT2D eigenvalue weighted by Gasteiger charge is -2.51. The molecule has 0 aliphatic carbocycles. The smallest absolute Gasteiger partial charge is 0.0304 e. The van der Waals surface area contributed by atoms with Gasteiger partial charge >= 0.3 is 0 Å². The second kappa shape index (κ2) is 5.33. The van der Waals surface area contributed by atoms with Gasteiger partial charge in [0.1, 0.15) is 0 Å². The average molecular weight is 224 g/mol. The highest BCUT2D eigenvalue weighted by molar-refractivity contribution is 5.02. The van der Waals surface area contributed by atoms with Crippen LogP contribution < -0.4 is 5.32 Å². The highest BCUT2D eigenvalue weighted by atomic mass is 15.3. The third kappa shape index (κ3) is 2.86. The van der Waals surface area contributed by atoms with E-state index in [1.54, 1.807) is 0 Å². The second-order valence-corrected chi connectivity index (χ2v) is 5.60. The molecule has 0 aromatic rings. The monoisotopic (exact) mass is 224 g/mol. The molecule has 1 heterocycles. The lowest BCUT2D eigenvalue weighted by Crippen LogP contribution is -2.67. The minimum atomic E-state index is 0.271. The van der Waals surface area contributed by atoms with E-state index in [2.05, 4.69) is 57.0 Å². The molecule has 1 N–H and O–H groups in total. The summed E-state index contributed by atoms with van der Waals surface area (Å²) in [7, 11) is 0. The highest BCUT2D eigenvalue weighted by Crippen LogP contribution is 2.27. The van der Waals surface area contributed by atoms with Gasteiger partial charge in [0.25, 0.3) is 0 Å². The summed E-state index contributed by atoms with van der Waals surface area (Å²) in [6, 6.07) is 0. The van der Waals surface area contributed by atoms with Gasteiger partial charge in [0, 0.05) is 30.7 Å². The molecule has 2 nitrogen and oxygen atoms in total. The van der Waals surface area contributed by atoms with E-state index in [0.717, 1.165) is 19.6 Å². The standard InChI is InChI=1S/C14H28N2/c1-6-9-10-16-12-14(7-2,8-3)15-11-13(16,4)5/h6,9,15H,7-8,10-12H2,1-5H3/b9-6+. The van der Waals surface area contributed by atoms with Crippen LogP contribution in [0.5, 0.6) is 0 Å². The second-order valence-electron chi connectivity index (χ2n) is 5.60. The molecule has 0 aromatic heterocycles. The van der Waals surface area contributed by atoms with Crippen LogP contribution in [-0.4, -0.2) is 35.6 Å². The Morgan fingerprint density at radius 2 is 1.88 bits per heavy atom. The Balaban J connectivity index is 2.76. The van der Waals surface area contributed by atoms with Gasteiger partial charge in [0.05, 0.1) is 0 Å². The Morgan fingerprint density at radius 3 is 2.38 bits per heavy atom. The van der Waals surface area contributed by atoms with Gasteiger partial charge in [-0.1, -0.05) is 26.0 Å². The quantitative estimate of drug-likeness (QED) is 0.739. The van der Waals surface area contributed by atoms with Crippen LogP contribution in [0.4, 0.5) is 0 Å². The summed E-state index contributed by atoms with van der Waals surface area (Å²) in [6.07, 6.45) is 6.85. The van der Waals surface area contributed by atoms with Gasteiger partial charge in [-0.05, 0) is 33.6 Å². The summed E-state index contributed by atoms with van der Waals surface area (Å²) in [4.78, 5) is 2.61. The van der Waals surface area contributed by atoms with E-state index in [1.165, 1.54) is 12.8 Å². The summed E-state index contributed by atoms with van der Waals surface area (Å²) < 4.78 is 0. The third-order valence-corrected chi connectivity index (χ3v) is 4.16. The molecule has 0 spiro atoms. The molecule has 0 atom stereocenters. The van der Waals surface area contributed by atoms with Crippen LogP contribution in [-0.2, 0) is 0 Å². The van der Waals surface area contributed by atoms with Crippen LogP contribution in [0.3, 0.4) is 0 Å². The van der Waals surface area contributed by atoms with Gasteiger partial charge < -0.3 is 5.32 Å². The first kappa shape index (κ1) is 13.7. The van der Waals surface area contributed by atoms with Crippen molar-refractivity contribution in [1.29, 1.82) is 0 Å². The van der Waals surface area contributed by atoms with Crippen LogP contribution in [0.25, 0.3) is 0 Å². The van der Waals surface area contributed by atoms with Crippen LogP contribution in [0.1, 0.15) is 47.5 Å². The first-order chi connectivity index (χ1) is 7.49. The maximum Gasteiger partial charge on any atom is 0.0304 e. The van der Waals surface area contributed by atoms with E-state index in [9.17, 15) is 0 Å². The minimum absolute atomic E-state index is 0.271. The van der Waals surface area contributed by atoms with Crippen molar-refractivity contribution in [2.24, 2.45) is 0 Å². The molecule has 0 unspecified atom stereocenters. The Bertz CT molecular complexity index is 239. The number of nitrogens with zero attached hydrogens (tertiary/aromatic N) is 1. The number of hydrogen-bond acceptors (Lipinski definition) is 2. The van der Waals surface area contributed by atoms with Crippen molar-refractivity contribution < 1.29 is 0 Å². The average Bonchev–Trinajstić information content (AvgIpc) is 2.28. The molecule has 1 fully saturated rings. The van der Waals surface area contributed by atoms with Crippen LogP contribution in [0, 0.1) is 0 Å². The topological polar surface area (TPSA) is 15.3 Å². The molecule has 1 saturated heterocycles. The molecule has 0 aromatic carbocycles. The zero-order valence-electron chi connectivity index (χ0n) is 11.6. The molecule has 2 heteroatoms. The SMILES string of the molecule is C/C=C/CN1CC(CC)(CC)NCC1(C)C. The van der Waals surface area contributed by atoms with E-state index >= 15 is 0 Å². The summed E-state index contributed by atoms with van der Waals surface area (Å²) >= 11 is 0. The Morgan fingerprint density at radius 1 is 1.25 bits per heavy atom. The molecular weight excluding hydrogens is 196 g/mol. The number of hydrogen-bond donors (Lipinski definition) is 1. The predicted octanol–water partition coefficient (Wildman–Crippen LogP) is 2.81. The zero-order valence-corrected chi connectivity index (χ0v) is 11.6. The largest absolute Gasteiger partial charge is 0.308 e. The fourth-order valence-corrected chi connectivity index (χ4v) is 2.42. The van der Waals surface area contributed by atoms with Gasteiger partial charge in [0.2, 0.25) is 0 Å². The van der Waals surface area contributed by atoms with Gasteiger partial charge in [0.15, 0.2) is 0 Å². The van der Waals surface area contributed by atoms with E-state index in [0.29, 0.717) is 5.54 Å². The van der Waals surface area contributed by atoms with E-state index in [-0.39, 0.29) is 5.54 Å². The zero-order chi connectivity index (χ0) is 12.2. The van der Waals surface area contributed by atoms with Crippen LogP contribution in [0.15, 0.2) is 12.2 Å². The van der Waals surface area contributed by atoms with Crippen LogP contribution in [0.2, 0.25) is 0 Å². The number of allylic oxidation sites excluding steroid dienone is 1. The lowest BCUT2D eigenvalue weighted by molar-refractivity contribution is 0.0322. The Kier molecular flexibility index (Phi) is 4.57. The normalized spacial score (nSPS) is 25.1. The van der Waals surface area contributed by atoms with Gasteiger partial charge in [-0.2, -0.15) is 0 Å². The molecule has 1 rings (SSSR count). The molecule has 94 valence electrons. The van der Waals surface area contributed by atoms with Crippen molar-refractivity contribution in [3.8, 4) is 0 Å². The maximum atomic E-state index is 3.76. The molecule has 16 heavy (non-hydrogen) atoms. The first-order valence-electron chi connectivity index (χ1n) is 6.61. The van der Waals surface area contributed by atoms with Crippen molar-refractivity contribution in [3.63, 3.8) is 0 Å². The van der Waals surface area contributed by atoms with Gasteiger partial charge in [-0.25, -0.2) is 0 Å². The van der Waals surface area contributed by atoms with E-state index in [1.807, 2.05) is 0 Å². The van der Waals surface area contributed by atoms with Crippen molar-refractivity contribution in [1.82, 2.24) is 10.2 Å². The predicted molar refractivity (Wildman–Crippen MR) is 71.8 cm³/mol. The Labute approximate surface area is 101 Å². The minimum Gasteiger partial charge on any atom is -0.308 e.